The first-order chi connectivity index (χ1) is 10.0. The second-order valence-corrected chi connectivity index (χ2v) is 4.60. The zero-order valence-electron chi connectivity index (χ0n) is 10.5. The first kappa shape index (κ1) is 13.8. The first-order valence-electron chi connectivity index (χ1n) is 6.07. The Morgan fingerprint density at radius 1 is 0.905 bits per heavy atom. The van der Waals surface area contributed by atoms with Gasteiger partial charge in [-0.25, -0.2) is 17.6 Å². The number of rotatable bonds is 3. The van der Waals surface area contributed by atoms with E-state index >= 15 is 0 Å². The lowest BCUT2D eigenvalue weighted by molar-refractivity contribution is 0.111. The topological polar surface area (TPSA) is 29.6 Å². The number of carbonyl (C=O) groups is 1. The largest absolute Gasteiger partial charge is 0.368 e. The number of carbonyl (C=O) groups excluding carboxylic acids is 1. The molecule has 1 saturated heterocycles. The van der Waals surface area contributed by atoms with Gasteiger partial charge in [0.25, 0.3) is 0 Å². The summed E-state index contributed by atoms with van der Waals surface area (Å²) in [5.74, 6) is -5.21. The Bertz CT molecular complexity index is 739. The molecule has 21 heavy (non-hydrogen) atoms. The molecule has 0 aromatic heterocycles. The average molecular weight is 296 g/mol. The predicted octanol–water partition coefficient (Wildman–Crippen LogP) is 3.79. The maximum absolute atomic E-state index is 14.0. The van der Waals surface area contributed by atoms with E-state index in [0.717, 1.165) is 18.2 Å². The minimum atomic E-state index is -1.40. The Morgan fingerprint density at radius 3 is 2.05 bits per heavy atom. The van der Waals surface area contributed by atoms with Crippen molar-refractivity contribution in [1.82, 2.24) is 0 Å². The third kappa shape index (κ3) is 2.21. The van der Waals surface area contributed by atoms with Crippen LogP contribution >= 0.6 is 0 Å². The summed E-state index contributed by atoms with van der Waals surface area (Å²) in [7, 11) is 0. The molecule has 108 valence electrons. The van der Waals surface area contributed by atoms with Gasteiger partial charge in [0, 0.05) is 16.7 Å². The fourth-order valence-electron chi connectivity index (χ4n) is 2.11. The standard InChI is InChI=1S/C15H8F4O2/c16-12-7(5-20)1-2-8(13(12)17)9-3-4-10(11-6-21-11)15(19)14(9)18/h1-5,11H,6H2. The maximum Gasteiger partial charge on any atom is 0.169 e. The van der Waals surface area contributed by atoms with Crippen molar-refractivity contribution < 1.29 is 27.1 Å². The third-order valence-corrected chi connectivity index (χ3v) is 3.32. The van der Waals surface area contributed by atoms with Crippen molar-refractivity contribution in [3.8, 4) is 11.1 Å². The summed E-state index contributed by atoms with van der Waals surface area (Å²) < 4.78 is 60.2. The summed E-state index contributed by atoms with van der Waals surface area (Å²) in [6, 6.07) is 4.48. The van der Waals surface area contributed by atoms with E-state index in [1.807, 2.05) is 0 Å². The number of hydrogen-bond donors (Lipinski definition) is 0. The van der Waals surface area contributed by atoms with E-state index in [9.17, 15) is 22.4 Å². The van der Waals surface area contributed by atoms with E-state index < -0.39 is 46.1 Å². The van der Waals surface area contributed by atoms with Gasteiger partial charge < -0.3 is 4.74 Å². The Labute approximate surface area is 117 Å². The van der Waals surface area contributed by atoms with Crippen LogP contribution in [0.5, 0.6) is 0 Å². The molecule has 0 N–H and O–H groups in total. The third-order valence-electron chi connectivity index (χ3n) is 3.32. The molecule has 0 amide bonds. The van der Waals surface area contributed by atoms with E-state index in [-0.39, 0.29) is 11.8 Å². The Hall–Kier alpha value is -2.21. The van der Waals surface area contributed by atoms with Crippen molar-refractivity contribution in [3.63, 3.8) is 0 Å². The fourth-order valence-corrected chi connectivity index (χ4v) is 2.11. The van der Waals surface area contributed by atoms with Crippen LogP contribution in [-0.2, 0) is 4.74 Å². The molecule has 0 bridgehead atoms. The first-order valence-corrected chi connectivity index (χ1v) is 6.07. The second kappa shape index (κ2) is 4.96. The smallest absolute Gasteiger partial charge is 0.169 e. The van der Waals surface area contributed by atoms with E-state index in [4.69, 9.17) is 4.74 Å². The average Bonchev–Trinajstić information content (AvgIpc) is 3.30. The molecule has 2 nitrogen and oxygen atoms in total. The summed E-state index contributed by atoms with van der Waals surface area (Å²) in [5, 5.41) is 0. The second-order valence-electron chi connectivity index (χ2n) is 4.60. The van der Waals surface area contributed by atoms with Crippen molar-refractivity contribution >= 4 is 6.29 Å². The molecule has 0 saturated carbocycles. The molecule has 2 aromatic carbocycles. The number of aldehydes is 1. The van der Waals surface area contributed by atoms with Crippen molar-refractivity contribution in [2.24, 2.45) is 0 Å². The monoisotopic (exact) mass is 296 g/mol. The molecule has 2 aromatic rings. The van der Waals surface area contributed by atoms with E-state index in [2.05, 4.69) is 0 Å². The summed E-state index contributed by atoms with van der Waals surface area (Å²) in [4.78, 5) is 10.5. The molecular weight excluding hydrogens is 288 g/mol. The highest BCUT2D eigenvalue weighted by molar-refractivity contribution is 5.78. The van der Waals surface area contributed by atoms with Gasteiger partial charge in [-0.05, 0) is 6.07 Å². The van der Waals surface area contributed by atoms with E-state index in [0.29, 0.717) is 6.61 Å². The van der Waals surface area contributed by atoms with Crippen LogP contribution in [0.1, 0.15) is 22.0 Å². The zero-order valence-corrected chi connectivity index (χ0v) is 10.5. The van der Waals surface area contributed by atoms with E-state index in [1.54, 1.807) is 0 Å². The van der Waals surface area contributed by atoms with Crippen molar-refractivity contribution in [1.29, 1.82) is 0 Å². The summed E-state index contributed by atoms with van der Waals surface area (Å²) in [5.41, 5.74) is -1.30. The zero-order chi connectivity index (χ0) is 15.1. The highest BCUT2D eigenvalue weighted by Gasteiger charge is 2.30. The van der Waals surface area contributed by atoms with Gasteiger partial charge in [-0.1, -0.05) is 18.2 Å². The van der Waals surface area contributed by atoms with Gasteiger partial charge in [-0.3, -0.25) is 4.79 Å². The summed E-state index contributed by atoms with van der Waals surface area (Å²) in [6.45, 7) is 0.298. The molecular formula is C15H8F4O2. The number of benzene rings is 2. The lowest BCUT2D eigenvalue weighted by Crippen LogP contribution is -2.00. The lowest BCUT2D eigenvalue weighted by Gasteiger charge is -2.09. The number of ether oxygens (including phenoxy) is 1. The minimum Gasteiger partial charge on any atom is -0.368 e. The molecule has 0 aliphatic carbocycles. The normalized spacial score (nSPS) is 16.9. The predicted molar refractivity (Wildman–Crippen MR) is 65.8 cm³/mol. The molecule has 1 aliphatic rings. The SMILES string of the molecule is O=Cc1ccc(-c2ccc(C3CO3)c(F)c2F)c(F)c1F. The minimum absolute atomic E-state index is 0.0432. The van der Waals surface area contributed by atoms with Crippen LogP contribution in [0.25, 0.3) is 11.1 Å². The van der Waals surface area contributed by atoms with Crippen LogP contribution in [0.15, 0.2) is 24.3 Å². The number of epoxide rings is 1. The summed E-state index contributed by atoms with van der Waals surface area (Å²) in [6.07, 6.45) is -0.347. The fraction of sp³-hybridized carbons (Fsp3) is 0.133. The Kier molecular flexibility index (Phi) is 3.25. The van der Waals surface area contributed by atoms with Crippen LogP contribution in [-0.4, -0.2) is 12.9 Å². The molecule has 0 radical (unpaired) electrons. The van der Waals surface area contributed by atoms with Crippen molar-refractivity contribution in [2.75, 3.05) is 6.61 Å². The number of hydrogen-bond acceptors (Lipinski definition) is 2. The van der Waals surface area contributed by atoms with Gasteiger partial charge in [0.1, 0.15) is 6.10 Å². The highest BCUT2D eigenvalue weighted by Crippen LogP contribution is 2.36. The van der Waals surface area contributed by atoms with Gasteiger partial charge in [0.05, 0.1) is 12.2 Å². The van der Waals surface area contributed by atoms with Gasteiger partial charge >= 0.3 is 0 Å². The quantitative estimate of drug-likeness (QED) is 0.490. The van der Waals surface area contributed by atoms with Gasteiger partial charge in [-0.2, -0.15) is 0 Å². The van der Waals surface area contributed by atoms with Crippen LogP contribution in [0, 0.1) is 23.3 Å². The highest BCUT2D eigenvalue weighted by atomic mass is 19.2. The van der Waals surface area contributed by atoms with Gasteiger partial charge in [-0.15, -0.1) is 0 Å². The molecule has 1 heterocycles. The van der Waals surface area contributed by atoms with Crippen molar-refractivity contribution in [2.45, 2.75) is 6.10 Å². The molecule has 0 spiro atoms. The molecule has 1 atom stereocenters. The van der Waals surface area contributed by atoms with Crippen molar-refractivity contribution in [3.05, 3.63) is 58.7 Å². The van der Waals surface area contributed by atoms with Crippen LogP contribution in [0.2, 0.25) is 0 Å². The molecule has 3 rings (SSSR count). The molecule has 1 unspecified atom stereocenters. The Balaban J connectivity index is 2.15. The molecule has 6 heteroatoms. The summed E-state index contributed by atoms with van der Waals surface area (Å²) >= 11 is 0. The molecule has 1 fully saturated rings. The van der Waals surface area contributed by atoms with E-state index in [1.165, 1.54) is 6.07 Å². The van der Waals surface area contributed by atoms with Gasteiger partial charge in [0.15, 0.2) is 29.6 Å². The van der Waals surface area contributed by atoms with Crippen LogP contribution in [0.4, 0.5) is 17.6 Å². The molecule has 1 aliphatic heterocycles. The van der Waals surface area contributed by atoms with Crippen LogP contribution < -0.4 is 0 Å². The van der Waals surface area contributed by atoms with Crippen LogP contribution in [0.3, 0.4) is 0 Å². The lowest BCUT2D eigenvalue weighted by atomic mass is 9.99. The maximum atomic E-state index is 14.0. The Morgan fingerprint density at radius 2 is 1.48 bits per heavy atom. The van der Waals surface area contributed by atoms with Gasteiger partial charge in [0.2, 0.25) is 0 Å². The number of halogens is 4.